The molecule has 7 heteroatoms. The number of aromatic nitrogens is 3. The van der Waals surface area contributed by atoms with Gasteiger partial charge in [0.1, 0.15) is 12.4 Å². The fourth-order valence-electron chi connectivity index (χ4n) is 1.85. The van der Waals surface area contributed by atoms with Gasteiger partial charge in [0, 0.05) is 19.5 Å². The van der Waals surface area contributed by atoms with E-state index in [-0.39, 0.29) is 6.10 Å². The van der Waals surface area contributed by atoms with E-state index >= 15 is 0 Å². The van der Waals surface area contributed by atoms with Crippen LogP contribution >= 0.6 is 0 Å². The fourth-order valence-corrected chi connectivity index (χ4v) is 1.85. The molecule has 2 rings (SSSR count). The van der Waals surface area contributed by atoms with Crippen LogP contribution in [0.4, 0.5) is 0 Å². The van der Waals surface area contributed by atoms with Gasteiger partial charge in [0.05, 0.1) is 12.7 Å². The monoisotopic (exact) mass is 252 g/mol. The Hall–Kier alpha value is -1.63. The van der Waals surface area contributed by atoms with Crippen molar-refractivity contribution in [3.63, 3.8) is 0 Å². The van der Waals surface area contributed by atoms with E-state index in [4.69, 9.17) is 10.5 Å². The zero-order valence-electron chi connectivity index (χ0n) is 10.9. The van der Waals surface area contributed by atoms with Gasteiger partial charge >= 0.3 is 0 Å². The molecule has 1 saturated heterocycles. The molecule has 18 heavy (non-hydrogen) atoms. The molecule has 3 N–H and O–H groups in total. The van der Waals surface area contributed by atoms with Crippen LogP contribution in [0.5, 0.6) is 0 Å². The van der Waals surface area contributed by atoms with Gasteiger partial charge in [-0.1, -0.05) is 6.92 Å². The average Bonchev–Trinajstić information content (AvgIpc) is 2.84. The number of guanidine groups is 1. The second kappa shape index (κ2) is 5.81. The third-order valence-corrected chi connectivity index (χ3v) is 2.85. The molecule has 1 aromatic rings. The molecular weight excluding hydrogens is 232 g/mol. The first-order valence-corrected chi connectivity index (χ1v) is 6.25. The highest BCUT2D eigenvalue weighted by Crippen LogP contribution is 2.04. The van der Waals surface area contributed by atoms with Crippen LogP contribution < -0.4 is 5.73 Å². The number of nitrogens with zero attached hydrogens (tertiary/aromatic N) is 4. The van der Waals surface area contributed by atoms with Crippen molar-refractivity contribution < 1.29 is 4.74 Å². The van der Waals surface area contributed by atoms with Gasteiger partial charge in [0.25, 0.3) is 0 Å². The number of morpholine rings is 1. The van der Waals surface area contributed by atoms with Gasteiger partial charge < -0.3 is 15.4 Å². The van der Waals surface area contributed by atoms with E-state index < -0.39 is 0 Å². The second-order valence-corrected chi connectivity index (χ2v) is 4.35. The molecule has 0 aliphatic carbocycles. The predicted molar refractivity (Wildman–Crippen MR) is 68.1 cm³/mol. The minimum absolute atomic E-state index is 0.199. The Labute approximate surface area is 106 Å². The van der Waals surface area contributed by atoms with E-state index in [1.54, 1.807) is 0 Å². The lowest BCUT2D eigenvalue weighted by atomic mass is 10.3. The quantitative estimate of drug-likeness (QED) is 0.579. The Balaban J connectivity index is 1.91. The molecule has 1 aromatic heterocycles. The molecule has 1 aliphatic heterocycles. The van der Waals surface area contributed by atoms with Crippen molar-refractivity contribution in [2.24, 2.45) is 10.7 Å². The molecule has 0 bridgehead atoms. The van der Waals surface area contributed by atoms with Crippen molar-refractivity contribution in [3.05, 3.63) is 11.6 Å². The zero-order valence-corrected chi connectivity index (χ0v) is 10.9. The van der Waals surface area contributed by atoms with Crippen LogP contribution in [0.1, 0.15) is 25.5 Å². The standard InChI is InChI=1S/C11H20N6O/c1-3-9-14-10(16-15-9)6-13-11(12)17-4-5-18-8(2)7-17/h8H,3-7H2,1-2H3,(H2,12,13)(H,14,15,16). The molecule has 2 heterocycles. The van der Waals surface area contributed by atoms with Gasteiger partial charge in [-0.2, -0.15) is 5.10 Å². The Morgan fingerprint density at radius 3 is 3.17 bits per heavy atom. The van der Waals surface area contributed by atoms with Crippen molar-refractivity contribution in [1.29, 1.82) is 0 Å². The van der Waals surface area contributed by atoms with Crippen LogP contribution in [0.3, 0.4) is 0 Å². The zero-order chi connectivity index (χ0) is 13.0. The maximum Gasteiger partial charge on any atom is 0.191 e. The number of rotatable bonds is 3. The van der Waals surface area contributed by atoms with Gasteiger partial charge in [-0.15, -0.1) is 0 Å². The number of nitrogens with two attached hydrogens (primary N) is 1. The largest absolute Gasteiger partial charge is 0.375 e. The van der Waals surface area contributed by atoms with Crippen LogP contribution in [-0.2, 0) is 17.7 Å². The lowest BCUT2D eigenvalue weighted by molar-refractivity contribution is 0.00528. The number of aromatic amines is 1. The summed E-state index contributed by atoms with van der Waals surface area (Å²) in [6, 6.07) is 0. The first-order valence-electron chi connectivity index (χ1n) is 6.25. The molecule has 1 fully saturated rings. The molecule has 0 radical (unpaired) electrons. The molecule has 1 aliphatic rings. The third-order valence-electron chi connectivity index (χ3n) is 2.85. The molecule has 7 nitrogen and oxygen atoms in total. The highest BCUT2D eigenvalue weighted by atomic mass is 16.5. The average molecular weight is 252 g/mol. The number of nitrogens with one attached hydrogen (secondary N) is 1. The maximum absolute atomic E-state index is 5.96. The highest BCUT2D eigenvalue weighted by Gasteiger charge is 2.17. The van der Waals surface area contributed by atoms with E-state index in [0.717, 1.165) is 31.2 Å². The molecule has 0 spiro atoms. The lowest BCUT2D eigenvalue weighted by Crippen LogP contribution is -2.47. The summed E-state index contributed by atoms with van der Waals surface area (Å²) >= 11 is 0. The third kappa shape index (κ3) is 3.19. The predicted octanol–water partition coefficient (Wildman–Crippen LogP) is -0.0975. The summed E-state index contributed by atoms with van der Waals surface area (Å²) in [5.41, 5.74) is 5.96. The summed E-state index contributed by atoms with van der Waals surface area (Å²) in [6.07, 6.45) is 1.01. The van der Waals surface area contributed by atoms with E-state index in [2.05, 4.69) is 20.2 Å². The van der Waals surface area contributed by atoms with Crippen LogP contribution in [0.15, 0.2) is 4.99 Å². The molecule has 0 amide bonds. The summed E-state index contributed by atoms with van der Waals surface area (Å²) in [4.78, 5) is 10.7. The normalized spacial score (nSPS) is 21.3. The van der Waals surface area contributed by atoms with Crippen molar-refractivity contribution in [3.8, 4) is 0 Å². The Bertz CT molecular complexity index is 415. The molecule has 0 aromatic carbocycles. The molecule has 100 valence electrons. The van der Waals surface area contributed by atoms with Gasteiger partial charge in [0.2, 0.25) is 0 Å². The minimum atomic E-state index is 0.199. The van der Waals surface area contributed by atoms with Gasteiger partial charge in [-0.25, -0.2) is 9.98 Å². The van der Waals surface area contributed by atoms with E-state index in [9.17, 15) is 0 Å². The maximum atomic E-state index is 5.96. The molecule has 0 saturated carbocycles. The number of hydrogen-bond donors (Lipinski definition) is 2. The van der Waals surface area contributed by atoms with Crippen LogP contribution in [0.2, 0.25) is 0 Å². The minimum Gasteiger partial charge on any atom is -0.375 e. The smallest absolute Gasteiger partial charge is 0.191 e. The second-order valence-electron chi connectivity index (χ2n) is 4.35. The SMILES string of the molecule is CCc1n[nH]c(CN=C(N)N2CCOC(C)C2)n1. The molecule has 1 unspecified atom stereocenters. The van der Waals surface area contributed by atoms with E-state index in [0.29, 0.717) is 19.1 Å². The summed E-state index contributed by atoms with van der Waals surface area (Å²) in [7, 11) is 0. The number of aliphatic imine (C=N–C) groups is 1. The van der Waals surface area contributed by atoms with Gasteiger partial charge in [0.15, 0.2) is 11.8 Å². The Kier molecular flexibility index (Phi) is 4.14. The first-order chi connectivity index (χ1) is 8.69. The van der Waals surface area contributed by atoms with Crippen LogP contribution in [-0.4, -0.2) is 51.8 Å². The van der Waals surface area contributed by atoms with E-state index in [1.165, 1.54) is 0 Å². The molecular formula is C11H20N6O. The number of H-pyrrole nitrogens is 1. The fraction of sp³-hybridized carbons (Fsp3) is 0.727. The van der Waals surface area contributed by atoms with E-state index in [1.807, 2.05) is 18.7 Å². The Morgan fingerprint density at radius 1 is 1.67 bits per heavy atom. The Morgan fingerprint density at radius 2 is 2.50 bits per heavy atom. The van der Waals surface area contributed by atoms with Crippen molar-refractivity contribution in [2.75, 3.05) is 19.7 Å². The lowest BCUT2D eigenvalue weighted by Gasteiger charge is -2.31. The topological polar surface area (TPSA) is 92.4 Å². The highest BCUT2D eigenvalue weighted by molar-refractivity contribution is 5.78. The number of ether oxygens (including phenoxy) is 1. The van der Waals surface area contributed by atoms with Gasteiger partial charge in [-0.05, 0) is 6.92 Å². The number of aryl methyl sites for hydroxylation is 1. The number of hydrogen-bond acceptors (Lipinski definition) is 4. The summed E-state index contributed by atoms with van der Waals surface area (Å²) in [5, 5.41) is 6.91. The molecule has 1 atom stereocenters. The summed E-state index contributed by atoms with van der Waals surface area (Å²) in [6.45, 7) is 6.75. The van der Waals surface area contributed by atoms with Crippen LogP contribution in [0, 0.1) is 0 Å². The van der Waals surface area contributed by atoms with Crippen molar-refractivity contribution >= 4 is 5.96 Å². The van der Waals surface area contributed by atoms with Crippen molar-refractivity contribution in [1.82, 2.24) is 20.1 Å². The van der Waals surface area contributed by atoms with Crippen LogP contribution in [0.25, 0.3) is 0 Å². The summed E-state index contributed by atoms with van der Waals surface area (Å²) in [5.74, 6) is 2.09. The summed E-state index contributed by atoms with van der Waals surface area (Å²) < 4.78 is 5.46. The van der Waals surface area contributed by atoms with Gasteiger partial charge in [-0.3, -0.25) is 5.10 Å². The van der Waals surface area contributed by atoms with Crippen molar-refractivity contribution in [2.45, 2.75) is 32.9 Å². The first kappa shape index (κ1) is 12.8.